The SMILES string of the molecule is COc1ccc(N2C(=S)N[C@@H](c3ccccn3)[C@@H]2c2ccc(Sc3ccccc3)o2)cc1NS(C)(=O)=O. The molecule has 1 aliphatic heterocycles. The molecule has 2 aromatic carbocycles. The molecule has 0 unspecified atom stereocenters. The van der Waals surface area contributed by atoms with Crippen LogP contribution in [0.25, 0.3) is 0 Å². The van der Waals surface area contributed by atoms with Crippen LogP contribution in [0.3, 0.4) is 0 Å². The maximum atomic E-state index is 12.0. The molecule has 5 rings (SSSR count). The fourth-order valence-electron chi connectivity index (χ4n) is 4.20. The van der Waals surface area contributed by atoms with Crippen LogP contribution >= 0.6 is 24.0 Å². The molecule has 1 saturated heterocycles. The van der Waals surface area contributed by atoms with Crippen molar-refractivity contribution in [2.45, 2.75) is 22.1 Å². The number of pyridine rings is 1. The largest absolute Gasteiger partial charge is 0.495 e. The number of benzene rings is 2. The lowest BCUT2D eigenvalue weighted by Crippen LogP contribution is -2.29. The standard InChI is InChI=1S/C26H24N4O4S3/c1-33-21-12-11-17(16-20(21)29-37(2,31)32)30-25(24(28-26(30)35)19-10-6-7-15-27-19)22-13-14-23(34-22)36-18-8-4-3-5-9-18/h3-16,24-25,29H,1-2H3,(H,28,35)/t24-,25-/m0/s1. The average Bonchev–Trinajstić information content (AvgIpc) is 3.48. The molecule has 0 radical (unpaired) electrons. The van der Waals surface area contributed by atoms with Crippen molar-refractivity contribution in [3.8, 4) is 5.75 Å². The number of ether oxygens (including phenoxy) is 1. The second-order valence-electron chi connectivity index (χ2n) is 8.33. The maximum absolute atomic E-state index is 12.0. The number of hydrogen-bond donors (Lipinski definition) is 2. The molecule has 3 heterocycles. The summed E-state index contributed by atoms with van der Waals surface area (Å²) in [5.41, 5.74) is 1.78. The number of methoxy groups -OCH3 is 1. The summed E-state index contributed by atoms with van der Waals surface area (Å²) in [5, 5.41) is 4.59. The smallest absolute Gasteiger partial charge is 0.229 e. The Balaban J connectivity index is 1.57. The lowest BCUT2D eigenvalue weighted by atomic mass is 10.0. The summed E-state index contributed by atoms with van der Waals surface area (Å²) >= 11 is 7.30. The van der Waals surface area contributed by atoms with Gasteiger partial charge >= 0.3 is 0 Å². The zero-order chi connectivity index (χ0) is 26.0. The van der Waals surface area contributed by atoms with Crippen molar-refractivity contribution < 1.29 is 17.6 Å². The molecular weight excluding hydrogens is 529 g/mol. The Labute approximate surface area is 225 Å². The molecular formula is C26H24N4O4S3. The highest BCUT2D eigenvalue weighted by molar-refractivity contribution is 7.99. The van der Waals surface area contributed by atoms with Crippen molar-refractivity contribution in [1.29, 1.82) is 0 Å². The third-order valence-corrected chi connectivity index (χ3v) is 7.54. The number of aromatic nitrogens is 1. The van der Waals surface area contributed by atoms with Crippen molar-refractivity contribution in [2.75, 3.05) is 23.0 Å². The third-order valence-electron chi connectivity index (χ3n) is 5.71. The van der Waals surface area contributed by atoms with E-state index in [4.69, 9.17) is 21.4 Å². The van der Waals surface area contributed by atoms with Crippen LogP contribution in [0.2, 0.25) is 0 Å². The van der Waals surface area contributed by atoms with Gasteiger partial charge in [0.25, 0.3) is 0 Å². The first-order chi connectivity index (χ1) is 17.8. The normalized spacial score (nSPS) is 17.5. The zero-order valence-electron chi connectivity index (χ0n) is 20.0. The molecule has 2 N–H and O–H groups in total. The van der Waals surface area contributed by atoms with E-state index in [9.17, 15) is 8.42 Å². The summed E-state index contributed by atoms with van der Waals surface area (Å²) in [5.74, 6) is 1.08. The molecule has 37 heavy (non-hydrogen) atoms. The highest BCUT2D eigenvalue weighted by Crippen LogP contribution is 2.44. The van der Waals surface area contributed by atoms with Crippen LogP contribution in [0.1, 0.15) is 23.5 Å². The van der Waals surface area contributed by atoms with E-state index >= 15 is 0 Å². The molecule has 190 valence electrons. The summed E-state index contributed by atoms with van der Waals surface area (Å²) in [6, 6.07) is 24.1. The van der Waals surface area contributed by atoms with Crippen LogP contribution in [0.4, 0.5) is 11.4 Å². The number of sulfonamides is 1. The number of rotatable bonds is 8. The van der Waals surface area contributed by atoms with E-state index in [1.165, 1.54) is 18.9 Å². The van der Waals surface area contributed by atoms with E-state index < -0.39 is 10.0 Å². The number of anilines is 2. The Morgan fingerprint density at radius 2 is 1.86 bits per heavy atom. The van der Waals surface area contributed by atoms with Gasteiger partial charge in [0.15, 0.2) is 10.2 Å². The van der Waals surface area contributed by atoms with Crippen molar-refractivity contribution >= 4 is 50.5 Å². The van der Waals surface area contributed by atoms with Gasteiger partial charge in [-0.2, -0.15) is 0 Å². The van der Waals surface area contributed by atoms with Gasteiger partial charge in [-0.15, -0.1) is 0 Å². The molecule has 11 heteroatoms. The van der Waals surface area contributed by atoms with Crippen LogP contribution < -0.4 is 19.7 Å². The van der Waals surface area contributed by atoms with Gasteiger partial charge in [-0.25, -0.2) is 8.42 Å². The van der Waals surface area contributed by atoms with Crippen LogP contribution in [-0.4, -0.2) is 31.9 Å². The van der Waals surface area contributed by atoms with Crippen LogP contribution in [-0.2, 0) is 10.0 Å². The molecule has 0 bridgehead atoms. The Bertz CT molecular complexity index is 1510. The monoisotopic (exact) mass is 552 g/mol. The third kappa shape index (κ3) is 5.58. The topological polar surface area (TPSA) is 96.7 Å². The molecule has 0 amide bonds. The second kappa shape index (κ2) is 10.4. The molecule has 1 fully saturated rings. The van der Waals surface area contributed by atoms with Crippen molar-refractivity contribution in [3.63, 3.8) is 0 Å². The zero-order valence-corrected chi connectivity index (χ0v) is 22.4. The van der Waals surface area contributed by atoms with E-state index in [1.54, 1.807) is 18.3 Å². The van der Waals surface area contributed by atoms with Crippen molar-refractivity contribution in [2.24, 2.45) is 0 Å². The van der Waals surface area contributed by atoms with E-state index in [0.29, 0.717) is 28.0 Å². The summed E-state index contributed by atoms with van der Waals surface area (Å²) in [4.78, 5) is 7.54. The summed E-state index contributed by atoms with van der Waals surface area (Å²) in [7, 11) is -2.05. The van der Waals surface area contributed by atoms with E-state index in [0.717, 1.165) is 21.9 Å². The van der Waals surface area contributed by atoms with Gasteiger partial charge < -0.3 is 19.4 Å². The first-order valence-corrected chi connectivity index (χ1v) is 14.4. The summed E-state index contributed by atoms with van der Waals surface area (Å²) < 4.78 is 38.2. The fourth-order valence-corrected chi connectivity index (χ4v) is 5.90. The minimum absolute atomic E-state index is 0.303. The van der Waals surface area contributed by atoms with Gasteiger partial charge in [0, 0.05) is 16.8 Å². The predicted octanol–water partition coefficient (Wildman–Crippen LogP) is 5.38. The quantitative estimate of drug-likeness (QED) is 0.279. The second-order valence-corrected chi connectivity index (χ2v) is 11.5. The maximum Gasteiger partial charge on any atom is 0.229 e. The van der Waals surface area contributed by atoms with Gasteiger partial charge in [-0.05, 0) is 66.8 Å². The lowest BCUT2D eigenvalue weighted by Gasteiger charge is -2.27. The molecule has 0 aliphatic carbocycles. The predicted molar refractivity (Wildman–Crippen MR) is 149 cm³/mol. The number of nitrogens with one attached hydrogen (secondary N) is 2. The Morgan fingerprint density at radius 3 is 2.57 bits per heavy atom. The number of hydrogen-bond acceptors (Lipinski definition) is 7. The van der Waals surface area contributed by atoms with Gasteiger partial charge in [0.2, 0.25) is 10.0 Å². The van der Waals surface area contributed by atoms with E-state index in [-0.39, 0.29) is 12.1 Å². The van der Waals surface area contributed by atoms with E-state index in [1.807, 2.05) is 71.6 Å². The molecule has 2 atom stereocenters. The van der Waals surface area contributed by atoms with Crippen molar-refractivity contribution in [3.05, 3.63) is 96.5 Å². The van der Waals surface area contributed by atoms with Crippen molar-refractivity contribution in [1.82, 2.24) is 10.3 Å². The van der Waals surface area contributed by atoms with Crippen LogP contribution in [0.15, 0.2) is 99.5 Å². The molecule has 1 aliphatic rings. The van der Waals surface area contributed by atoms with E-state index in [2.05, 4.69) is 15.0 Å². The Hall–Kier alpha value is -3.54. The Kier molecular flexibility index (Phi) is 7.09. The minimum atomic E-state index is -3.54. The van der Waals surface area contributed by atoms with Gasteiger partial charge in [0.1, 0.15) is 17.6 Å². The molecule has 0 saturated carbocycles. The van der Waals surface area contributed by atoms with Gasteiger partial charge in [-0.1, -0.05) is 36.0 Å². The van der Waals surface area contributed by atoms with Crippen LogP contribution in [0, 0.1) is 0 Å². The van der Waals surface area contributed by atoms with Gasteiger partial charge in [-0.3, -0.25) is 9.71 Å². The molecule has 0 spiro atoms. The Morgan fingerprint density at radius 1 is 1.08 bits per heavy atom. The average molecular weight is 553 g/mol. The first-order valence-electron chi connectivity index (χ1n) is 11.3. The number of furan rings is 1. The first kappa shape index (κ1) is 25.1. The number of nitrogens with zero attached hydrogens (tertiary/aromatic N) is 2. The van der Waals surface area contributed by atoms with Crippen LogP contribution in [0.5, 0.6) is 5.75 Å². The summed E-state index contributed by atoms with van der Waals surface area (Å²) in [6.07, 6.45) is 2.83. The highest BCUT2D eigenvalue weighted by Gasteiger charge is 2.42. The molecule has 4 aromatic rings. The molecule has 2 aromatic heterocycles. The summed E-state index contributed by atoms with van der Waals surface area (Å²) in [6.45, 7) is 0. The highest BCUT2D eigenvalue weighted by atomic mass is 32.2. The fraction of sp³-hybridized carbons (Fsp3) is 0.154. The number of thiocarbonyl (C=S) groups is 1. The molecule has 8 nitrogen and oxygen atoms in total. The minimum Gasteiger partial charge on any atom is -0.495 e. The lowest BCUT2D eigenvalue weighted by molar-refractivity contribution is 0.383. The van der Waals surface area contributed by atoms with Gasteiger partial charge in [0.05, 0.1) is 30.8 Å².